The summed E-state index contributed by atoms with van der Waals surface area (Å²) in [6.07, 6.45) is 1.26. The molecule has 3 nitrogen and oxygen atoms in total. The Morgan fingerprint density at radius 3 is 2.53 bits per heavy atom. The minimum atomic E-state index is 0.152. The number of piperidine rings is 1. The van der Waals surface area contributed by atoms with Gasteiger partial charge in [0.15, 0.2) is 5.78 Å². The van der Waals surface area contributed by atoms with Gasteiger partial charge in [-0.2, -0.15) is 0 Å². The second kappa shape index (κ2) is 6.20. The highest BCUT2D eigenvalue weighted by Crippen LogP contribution is 2.23. The highest BCUT2D eigenvalue weighted by Gasteiger charge is 2.24. The number of benzene rings is 1. The van der Waals surface area contributed by atoms with E-state index in [2.05, 4.69) is 18.7 Å². The molecule has 0 aliphatic carbocycles. The molecule has 1 fully saturated rings. The van der Waals surface area contributed by atoms with Crippen LogP contribution < -0.4 is 4.74 Å². The number of rotatable bonds is 4. The molecule has 1 aliphatic heterocycles. The standard InChI is InChI=1S/C16H23NO2/c1-12-8-13(2)10-17(9-12)11-15(18)14-6-4-5-7-16(14)19-3/h4-7,12-13H,8-11H2,1-3H3. The lowest BCUT2D eigenvalue weighted by molar-refractivity contribution is 0.0847. The number of likely N-dealkylation sites (tertiary alicyclic amines) is 1. The predicted octanol–water partition coefficient (Wildman–Crippen LogP) is 2.86. The number of ether oxygens (including phenoxy) is 1. The first-order valence-corrected chi connectivity index (χ1v) is 6.98. The van der Waals surface area contributed by atoms with Crippen LogP contribution in [-0.4, -0.2) is 37.4 Å². The zero-order valence-electron chi connectivity index (χ0n) is 12.1. The van der Waals surface area contributed by atoms with Gasteiger partial charge in [0.25, 0.3) is 0 Å². The minimum Gasteiger partial charge on any atom is -0.496 e. The van der Waals surface area contributed by atoms with E-state index >= 15 is 0 Å². The molecule has 2 atom stereocenters. The number of carbonyl (C=O) groups is 1. The highest BCUT2D eigenvalue weighted by atomic mass is 16.5. The lowest BCUT2D eigenvalue weighted by Gasteiger charge is -2.34. The molecule has 0 aromatic heterocycles. The summed E-state index contributed by atoms with van der Waals surface area (Å²) in [6, 6.07) is 7.46. The summed E-state index contributed by atoms with van der Waals surface area (Å²) in [5.74, 6) is 2.17. The average molecular weight is 261 g/mol. The topological polar surface area (TPSA) is 29.5 Å². The van der Waals surface area contributed by atoms with Crippen molar-refractivity contribution in [2.75, 3.05) is 26.7 Å². The molecule has 3 heteroatoms. The smallest absolute Gasteiger partial charge is 0.180 e. The molecule has 2 unspecified atom stereocenters. The third-order valence-corrected chi connectivity index (χ3v) is 3.72. The van der Waals surface area contributed by atoms with E-state index in [1.54, 1.807) is 7.11 Å². The molecular formula is C16H23NO2. The predicted molar refractivity (Wildman–Crippen MR) is 76.7 cm³/mol. The van der Waals surface area contributed by atoms with Gasteiger partial charge in [-0.15, -0.1) is 0 Å². The molecule has 0 amide bonds. The van der Waals surface area contributed by atoms with Crippen molar-refractivity contribution in [3.8, 4) is 5.75 Å². The molecule has 1 aromatic carbocycles. The van der Waals surface area contributed by atoms with Gasteiger partial charge in [0.05, 0.1) is 19.2 Å². The van der Waals surface area contributed by atoms with Crippen LogP contribution in [0.15, 0.2) is 24.3 Å². The van der Waals surface area contributed by atoms with Crippen LogP contribution in [0.1, 0.15) is 30.6 Å². The fourth-order valence-electron chi connectivity index (χ4n) is 3.08. The largest absolute Gasteiger partial charge is 0.496 e. The molecule has 0 bridgehead atoms. The van der Waals surface area contributed by atoms with Crippen molar-refractivity contribution in [2.24, 2.45) is 11.8 Å². The monoisotopic (exact) mass is 261 g/mol. The molecule has 1 heterocycles. The minimum absolute atomic E-state index is 0.152. The van der Waals surface area contributed by atoms with E-state index in [9.17, 15) is 4.79 Å². The van der Waals surface area contributed by atoms with Gasteiger partial charge in [-0.1, -0.05) is 26.0 Å². The van der Waals surface area contributed by atoms with Crippen LogP contribution in [0.4, 0.5) is 0 Å². The molecule has 2 rings (SSSR count). The average Bonchev–Trinajstić information content (AvgIpc) is 2.37. The van der Waals surface area contributed by atoms with Gasteiger partial charge in [0.1, 0.15) is 5.75 Å². The Kier molecular flexibility index (Phi) is 4.59. The molecule has 104 valence electrons. The van der Waals surface area contributed by atoms with E-state index in [0.717, 1.165) is 13.1 Å². The van der Waals surface area contributed by atoms with Gasteiger partial charge in [0, 0.05) is 13.1 Å². The number of methoxy groups -OCH3 is 1. The molecule has 0 N–H and O–H groups in total. The summed E-state index contributed by atoms with van der Waals surface area (Å²) in [4.78, 5) is 14.7. The van der Waals surface area contributed by atoms with Crippen molar-refractivity contribution < 1.29 is 9.53 Å². The number of hydrogen-bond acceptors (Lipinski definition) is 3. The van der Waals surface area contributed by atoms with Crippen LogP contribution >= 0.6 is 0 Å². The normalized spacial score (nSPS) is 24.2. The molecule has 0 radical (unpaired) electrons. The van der Waals surface area contributed by atoms with Crippen LogP contribution in [0, 0.1) is 11.8 Å². The number of ketones is 1. The number of hydrogen-bond donors (Lipinski definition) is 0. The molecule has 1 aliphatic rings. The van der Waals surface area contributed by atoms with Crippen molar-refractivity contribution in [3.63, 3.8) is 0 Å². The zero-order chi connectivity index (χ0) is 13.8. The number of nitrogens with zero attached hydrogens (tertiary/aromatic N) is 1. The molecule has 1 aromatic rings. The van der Waals surface area contributed by atoms with Crippen molar-refractivity contribution in [2.45, 2.75) is 20.3 Å². The Hall–Kier alpha value is -1.35. The Morgan fingerprint density at radius 1 is 1.26 bits per heavy atom. The first kappa shape index (κ1) is 14.1. The molecule has 0 spiro atoms. The first-order chi connectivity index (χ1) is 9.10. The summed E-state index contributed by atoms with van der Waals surface area (Å²) in [7, 11) is 1.61. The molecule has 0 saturated carbocycles. The maximum atomic E-state index is 12.4. The number of carbonyl (C=O) groups excluding carboxylic acids is 1. The molecule has 19 heavy (non-hydrogen) atoms. The van der Waals surface area contributed by atoms with Crippen molar-refractivity contribution in [3.05, 3.63) is 29.8 Å². The Bertz CT molecular complexity index is 434. The fourth-order valence-corrected chi connectivity index (χ4v) is 3.08. The first-order valence-electron chi connectivity index (χ1n) is 6.98. The summed E-state index contributed by atoms with van der Waals surface area (Å²) in [6.45, 7) is 7.05. The second-order valence-corrected chi connectivity index (χ2v) is 5.76. The Labute approximate surface area is 115 Å². The van der Waals surface area contributed by atoms with E-state index in [1.807, 2.05) is 24.3 Å². The van der Waals surface area contributed by atoms with Gasteiger partial charge < -0.3 is 4.74 Å². The van der Waals surface area contributed by atoms with Crippen molar-refractivity contribution >= 4 is 5.78 Å². The maximum absolute atomic E-state index is 12.4. The summed E-state index contributed by atoms with van der Waals surface area (Å²) >= 11 is 0. The second-order valence-electron chi connectivity index (χ2n) is 5.76. The van der Waals surface area contributed by atoms with Crippen LogP contribution in [-0.2, 0) is 0 Å². The van der Waals surface area contributed by atoms with Crippen LogP contribution in [0.2, 0.25) is 0 Å². The van der Waals surface area contributed by atoms with Crippen LogP contribution in [0.5, 0.6) is 5.75 Å². The lowest BCUT2D eigenvalue weighted by atomic mass is 9.91. The Balaban J connectivity index is 2.04. The van der Waals surface area contributed by atoms with Gasteiger partial charge >= 0.3 is 0 Å². The van der Waals surface area contributed by atoms with Gasteiger partial charge in [-0.25, -0.2) is 0 Å². The molecule has 1 saturated heterocycles. The van der Waals surface area contributed by atoms with E-state index in [4.69, 9.17) is 4.74 Å². The highest BCUT2D eigenvalue weighted by molar-refractivity contribution is 6.00. The van der Waals surface area contributed by atoms with Gasteiger partial charge in [0.2, 0.25) is 0 Å². The van der Waals surface area contributed by atoms with E-state index in [0.29, 0.717) is 29.7 Å². The summed E-state index contributed by atoms with van der Waals surface area (Å²) < 4.78 is 5.26. The van der Waals surface area contributed by atoms with Gasteiger partial charge in [-0.05, 0) is 30.4 Å². The van der Waals surface area contributed by atoms with Crippen molar-refractivity contribution in [1.29, 1.82) is 0 Å². The van der Waals surface area contributed by atoms with E-state index < -0.39 is 0 Å². The van der Waals surface area contributed by atoms with E-state index in [1.165, 1.54) is 6.42 Å². The third-order valence-electron chi connectivity index (χ3n) is 3.72. The van der Waals surface area contributed by atoms with Crippen LogP contribution in [0.3, 0.4) is 0 Å². The maximum Gasteiger partial charge on any atom is 0.180 e. The van der Waals surface area contributed by atoms with Crippen molar-refractivity contribution in [1.82, 2.24) is 4.90 Å². The van der Waals surface area contributed by atoms with Gasteiger partial charge in [-0.3, -0.25) is 9.69 Å². The quantitative estimate of drug-likeness (QED) is 0.781. The summed E-state index contributed by atoms with van der Waals surface area (Å²) in [5.41, 5.74) is 0.691. The lowest BCUT2D eigenvalue weighted by Crippen LogP contribution is -2.41. The number of Topliss-reactive ketones (excluding diaryl/α,β-unsaturated/α-hetero) is 1. The Morgan fingerprint density at radius 2 is 1.89 bits per heavy atom. The third kappa shape index (κ3) is 3.57. The van der Waals surface area contributed by atoms with E-state index in [-0.39, 0.29) is 5.78 Å². The zero-order valence-corrected chi connectivity index (χ0v) is 12.1. The SMILES string of the molecule is COc1ccccc1C(=O)CN1CC(C)CC(C)C1. The number of para-hydroxylation sites is 1. The molecular weight excluding hydrogens is 238 g/mol. The van der Waals surface area contributed by atoms with Crippen LogP contribution in [0.25, 0.3) is 0 Å². The fraction of sp³-hybridized carbons (Fsp3) is 0.562. The summed E-state index contributed by atoms with van der Waals surface area (Å²) in [5, 5.41) is 0.